The van der Waals surface area contributed by atoms with Gasteiger partial charge in [0.25, 0.3) is 5.91 Å². The summed E-state index contributed by atoms with van der Waals surface area (Å²) in [5.41, 5.74) is 0. The molecule has 120 valence electrons. The minimum absolute atomic E-state index is 0.0493. The fraction of sp³-hybridized carbons (Fsp3) is 0.533. The van der Waals surface area contributed by atoms with Crippen LogP contribution >= 0.6 is 11.3 Å². The highest BCUT2D eigenvalue weighted by molar-refractivity contribution is 7.12. The van der Waals surface area contributed by atoms with Gasteiger partial charge in [0.15, 0.2) is 0 Å². The molecule has 1 atom stereocenters. The molecule has 2 heterocycles. The highest BCUT2D eigenvalue weighted by atomic mass is 32.1. The van der Waals surface area contributed by atoms with Gasteiger partial charge >= 0.3 is 5.97 Å². The normalized spacial score (nSPS) is 17.9. The third-order valence-electron chi connectivity index (χ3n) is 3.54. The second kappa shape index (κ2) is 7.93. The summed E-state index contributed by atoms with van der Waals surface area (Å²) < 4.78 is 5.01. The van der Waals surface area contributed by atoms with Gasteiger partial charge in [-0.15, -0.1) is 11.3 Å². The number of hydrogen-bond acceptors (Lipinski definition) is 5. The number of hydrogen-bond donors (Lipinski definition) is 1. The van der Waals surface area contributed by atoms with E-state index in [2.05, 4.69) is 5.32 Å². The SMILES string of the molecule is CCOC(=O)C1CCCN(C(=O)CNC(=O)c2cccs2)C1. The summed E-state index contributed by atoms with van der Waals surface area (Å²) in [5, 5.41) is 4.43. The number of esters is 1. The number of piperidine rings is 1. The van der Waals surface area contributed by atoms with Gasteiger partial charge < -0.3 is 15.0 Å². The molecular formula is C15H20N2O4S. The quantitative estimate of drug-likeness (QED) is 0.828. The van der Waals surface area contributed by atoms with Crippen molar-refractivity contribution in [2.75, 3.05) is 26.2 Å². The van der Waals surface area contributed by atoms with Crippen LogP contribution in [0, 0.1) is 5.92 Å². The fourth-order valence-corrected chi connectivity index (χ4v) is 3.06. The van der Waals surface area contributed by atoms with E-state index in [0.29, 0.717) is 24.6 Å². The Morgan fingerprint density at radius 1 is 1.45 bits per heavy atom. The van der Waals surface area contributed by atoms with Crippen LogP contribution in [0.4, 0.5) is 0 Å². The summed E-state index contributed by atoms with van der Waals surface area (Å²) >= 11 is 1.33. The van der Waals surface area contributed by atoms with Crippen LogP contribution in [0.5, 0.6) is 0 Å². The van der Waals surface area contributed by atoms with Gasteiger partial charge in [-0.2, -0.15) is 0 Å². The lowest BCUT2D eigenvalue weighted by Crippen LogP contribution is -2.46. The molecule has 2 amide bonds. The third kappa shape index (κ3) is 4.30. The van der Waals surface area contributed by atoms with Crippen LogP contribution in [0.2, 0.25) is 0 Å². The second-order valence-electron chi connectivity index (χ2n) is 5.09. The number of rotatable bonds is 5. The summed E-state index contributed by atoms with van der Waals surface area (Å²) in [6.07, 6.45) is 1.51. The van der Waals surface area contributed by atoms with Crippen LogP contribution in [0.3, 0.4) is 0 Å². The predicted octanol–water partition coefficient (Wildman–Crippen LogP) is 1.28. The molecule has 1 unspecified atom stereocenters. The molecule has 1 aliphatic rings. The lowest BCUT2D eigenvalue weighted by atomic mass is 9.98. The van der Waals surface area contributed by atoms with E-state index >= 15 is 0 Å². The van der Waals surface area contributed by atoms with Gasteiger partial charge in [0, 0.05) is 13.1 Å². The maximum Gasteiger partial charge on any atom is 0.310 e. The van der Waals surface area contributed by atoms with Gasteiger partial charge in [-0.3, -0.25) is 14.4 Å². The molecule has 1 aromatic heterocycles. The number of amides is 2. The van der Waals surface area contributed by atoms with Crippen molar-refractivity contribution in [3.63, 3.8) is 0 Å². The number of thiophene rings is 1. The van der Waals surface area contributed by atoms with Crippen molar-refractivity contribution in [1.29, 1.82) is 0 Å². The molecule has 0 aromatic carbocycles. The predicted molar refractivity (Wildman–Crippen MR) is 82.6 cm³/mol. The molecule has 1 aromatic rings. The molecule has 0 aliphatic carbocycles. The van der Waals surface area contributed by atoms with Crippen LogP contribution in [0.15, 0.2) is 17.5 Å². The van der Waals surface area contributed by atoms with Gasteiger partial charge in [0.2, 0.25) is 5.91 Å². The largest absolute Gasteiger partial charge is 0.466 e. The topological polar surface area (TPSA) is 75.7 Å². The maximum atomic E-state index is 12.2. The first-order valence-corrected chi connectivity index (χ1v) is 8.26. The summed E-state index contributed by atoms with van der Waals surface area (Å²) in [6.45, 7) is 3.05. The first-order chi connectivity index (χ1) is 10.6. The Morgan fingerprint density at radius 2 is 2.27 bits per heavy atom. The second-order valence-corrected chi connectivity index (χ2v) is 6.04. The molecule has 22 heavy (non-hydrogen) atoms. The number of nitrogens with one attached hydrogen (secondary N) is 1. The molecule has 1 aliphatic heterocycles. The zero-order valence-electron chi connectivity index (χ0n) is 12.5. The van der Waals surface area contributed by atoms with Crippen molar-refractivity contribution in [2.45, 2.75) is 19.8 Å². The Morgan fingerprint density at radius 3 is 2.95 bits per heavy atom. The van der Waals surface area contributed by atoms with Crippen LogP contribution < -0.4 is 5.32 Å². The summed E-state index contributed by atoms with van der Waals surface area (Å²) in [4.78, 5) is 37.9. The lowest BCUT2D eigenvalue weighted by Gasteiger charge is -2.31. The molecule has 1 N–H and O–H groups in total. The smallest absolute Gasteiger partial charge is 0.310 e. The Hall–Kier alpha value is -1.89. The van der Waals surface area contributed by atoms with E-state index in [9.17, 15) is 14.4 Å². The Labute approximate surface area is 133 Å². The molecule has 6 nitrogen and oxygen atoms in total. The molecule has 0 radical (unpaired) electrons. The van der Waals surface area contributed by atoms with Gasteiger partial charge in [-0.25, -0.2) is 0 Å². The number of carbonyl (C=O) groups is 3. The molecule has 2 rings (SSSR count). The number of likely N-dealkylation sites (tertiary alicyclic amines) is 1. The highest BCUT2D eigenvalue weighted by Crippen LogP contribution is 2.18. The first-order valence-electron chi connectivity index (χ1n) is 7.38. The molecule has 1 saturated heterocycles. The summed E-state index contributed by atoms with van der Waals surface area (Å²) in [6, 6.07) is 3.50. The van der Waals surface area contributed by atoms with Crippen molar-refractivity contribution in [2.24, 2.45) is 5.92 Å². The van der Waals surface area contributed by atoms with E-state index in [1.54, 1.807) is 24.0 Å². The molecule has 0 bridgehead atoms. The standard InChI is InChI=1S/C15H20N2O4S/c1-2-21-15(20)11-5-3-7-17(10-11)13(18)9-16-14(19)12-6-4-8-22-12/h4,6,8,11H,2-3,5,7,9-10H2,1H3,(H,16,19). The number of nitrogens with zero attached hydrogens (tertiary/aromatic N) is 1. The monoisotopic (exact) mass is 324 g/mol. The van der Waals surface area contributed by atoms with Crippen molar-refractivity contribution in [3.8, 4) is 0 Å². The zero-order chi connectivity index (χ0) is 15.9. The van der Waals surface area contributed by atoms with Crippen molar-refractivity contribution in [1.82, 2.24) is 10.2 Å². The Balaban J connectivity index is 1.81. The van der Waals surface area contributed by atoms with E-state index in [0.717, 1.165) is 12.8 Å². The van der Waals surface area contributed by atoms with Gasteiger partial charge in [0.05, 0.1) is 23.9 Å². The van der Waals surface area contributed by atoms with Crippen LogP contribution in [0.25, 0.3) is 0 Å². The lowest BCUT2D eigenvalue weighted by molar-refractivity contribution is -0.151. The van der Waals surface area contributed by atoms with E-state index in [4.69, 9.17) is 4.74 Å². The van der Waals surface area contributed by atoms with Crippen molar-refractivity contribution in [3.05, 3.63) is 22.4 Å². The Bertz CT molecular complexity index is 530. The third-order valence-corrected chi connectivity index (χ3v) is 4.41. The van der Waals surface area contributed by atoms with Gasteiger partial charge in [-0.1, -0.05) is 6.07 Å². The Kier molecular flexibility index (Phi) is 5.94. The molecule has 1 fully saturated rings. The molecule has 0 spiro atoms. The minimum atomic E-state index is -0.259. The fourth-order valence-electron chi connectivity index (χ4n) is 2.42. The van der Waals surface area contributed by atoms with E-state index < -0.39 is 0 Å². The molecule has 7 heteroatoms. The van der Waals surface area contributed by atoms with Crippen molar-refractivity contribution < 1.29 is 19.1 Å². The first kappa shape index (κ1) is 16.5. The van der Waals surface area contributed by atoms with E-state index in [-0.39, 0.29) is 30.2 Å². The van der Waals surface area contributed by atoms with Crippen LogP contribution in [-0.4, -0.2) is 48.9 Å². The average molecular weight is 324 g/mol. The maximum absolute atomic E-state index is 12.2. The average Bonchev–Trinajstić information content (AvgIpc) is 3.07. The van der Waals surface area contributed by atoms with Crippen LogP contribution in [0.1, 0.15) is 29.4 Å². The molecular weight excluding hydrogens is 304 g/mol. The number of carbonyl (C=O) groups excluding carboxylic acids is 3. The van der Waals surface area contributed by atoms with E-state index in [1.165, 1.54) is 11.3 Å². The zero-order valence-corrected chi connectivity index (χ0v) is 13.4. The van der Waals surface area contributed by atoms with E-state index in [1.807, 2.05) is 5.38 Å². The van der Waals surface area contributed by atoms with Gasteiger partial charge in [0.1, 0.15) is 0 Å². The van der Waals surface area contributed by atoms with Gasteiger partial charge in [-0.05, 0) is 31.2 Å². The number of ether oxygens (including phenoxy) is 1. The summed E-state index contributed by atoms with van der Waals surface area (Å²) in [5.74, 6) is -0.922. The summed E-state index contributed by atoms with van der Waals surface area (Å²) in [7, 11) is 0. The minimum Gasteiger partial charge on any atom is -0.466 e. The van der Waals surface area contributed by atoms with Crippen molar-refractivity contribution >= 4 is 29.1 Å². The molecule has 0 saturated carbocycles. The highest BCUT2D eigenvalue weighted by Gasteiger charge is 2.29. The van der Waals surface area contributed by atoms with Crippen LogP contribution in [-0.2, 0) is 14.3 Å².